The zero-order valence-electron chi connectivity index (χ0n) is 41.9. The summed E-state index contributed by atoms with van der Waals surface area (Å²) in [6, 6.07) is 9.44. The number of hydrogen-bond donors (Lipinski definition) is 4. The molecule has 6 unspecified atom stereocenters. The lowest BCUT2D eigenvalue weighted by atomic mass is 9.80. The molecule has 2 amide bonds. The van der Waals surface area contributed by atoms with Crippen LogP contribution in [0.15, 0.2) is 41.2 Å². The Morgan fingerprint density at radius 1 is 0.942 bits per heavy atom. The van der Waals surface area contributed by atoms with E-state index in [4.69, 9.17) is 19.2 Å². The van der Waals surface area contributed by atoms with Crippen molar-refractivity contribution in [3.63, 3.8) is 0 Å². The zero-order chi connectivity index (χ0) is 51.0. The standard InChI is InChI=1S/C51H71N5O11S2/c1-12-30(5)53-38(27-68-31(6)32(7)69-28-39(47(62)63)54-41(57)18-19-50(10,11)66-21-20-49(8,9)44(59)29(3)4)45(60)52-24-42(58)67-51(13-2)36-23-40-43-34(22-33-16-14-15-17-37(33)55-43)25-56(40)46(61)35(36)26-65-48(51)64/h14-17,22-23,29-32,38-39,53H,12-13,18-21,24-28H2,1-11H3,(H,52,60)(H,54,57)(H,62,63). The highest BCUT2D eigenvalue weighted by Gasteiger charge is 2.50. The first-order valence-corrected chi connectivity index (χ1v) is 26.1. The van der Waals surface area contributed by atoms with E-state index in [2.05, 4.69) is 16.0 Å². The number of carbonyl (C=O) groups excluding carboxylic acids is 5. The number of amides is 2. The molecular weight excluding hydrogens is 923 g/mol. The highest BCUT2D eigenvalue weighted by Crippen LogP contribution is 2.41. The summed E-state index contributed by atoms with van der Waals surface area (Å²) in [5, 5.41) is 19.5. The van der Waals surface area contributed by atoms with Gasteiger partial charge in [0.05, 0.1) is 40.7 Å². The molecule has 0 saturated heterocycles. The van der Waals surface area contributed by atoms with Crippen molar-refractivity contribution >= 4 is 69.9 Å². The van der Waals surface area contributed by atoms with Crippen LogP contribution in [0.5, 0.6) is 0 Å². The minimum Gasteiger partial charge on any atom is -0.480 e. The Kier molecular flexibility index (Phi) is 18.7. The van der Waals surface area contributed by atoms with E-state index in [9.17, 15) is 38.7 Å². The number of cyclic esters (lactones) is 1. The molecule has 16 nitrogen and oxygen atoms in total. The first-order chi connectivity index (χ1) is 32.4. The van der Waals surface area contributed by atoms with Gasteiger partial charge in [-0.1, -0.05) is 73.6 Å². The number of carbonyl (C=O) groups is 6. The van der Waals surface area contributed by atoms with Crippen molar-refractivity contribution in [3.8, 4) is 11.4 Å². The van der Waals surface area contributed by atoms with Gasteiger partial charge in [-0.2, -0.15) is 23.5 Å². The van der Waals surface area contributed by atoms with Crippen LogP contribution in [0.3, 0.4) is 0 Å². The van der Waals surface area contributed by atoms with Gasteiger partial charge in [0, 0.05) is 68.9 Å². The van der Waals surface area contributed by atoms with Crippen LogP contribution in [-0.4, -0.2) is 109 Å². The number of pyridine rings is 2. The van der Waals surface area contributed by atoms with E-state index in [-0.39, 0.29) is 70.1 Å². The molecule has 1 aromatic carbocycles. The molecule has 6 atom stereocenters. The Morgan fingerprint density at radius 3 is 2.25 bits per heavy atom. The van der Waals surface area contributed by atoms with Crippen molar-refractivity contribution in [3.05, 3.63) is 63.4 Å². The summed E-state index contributed by atoms with van der Waals surface area (Å²) in [4.78, 5) is 97.5. The van der Waals surface area contributed by atoms with Gasteiger partial charge in [0.2, 0.25) is 17.4 Å². The largest absolute Gasteiger partial charge is 0.480 e. The third kappa shape index (κ3) is 13.6. The predicted molar refractivity (Wildman–Crippen MR) is 269 cm³/mol. The number of rotatable bonds is 26. The van der Waals surface area contributed by atoms with E-state index < -0.39 is 65.0 Å². The minimum absolute atomic E-state index is 0.0289. The first-order valence-electron chi connectivity index (χ1n) is 24.0. The lowest BCUT2D eigenvalue weighted by Gasteiger charge is -2.35. The second kappa shape index (κ2) is 23.4. The summed E-state index contributed by atoms with van der Waals surface area (Å²) in [6.45, 7) is 20.7. The van der Waals surface area contributed by atoms with Gasteiger partial charge in [-0.05, 0) is 64.7 Å². The second-order valence-corrected chi connectivity index (χ2v) is 22.6. The zero-order valence-corrected chi connectivity index (χ0v) is 43.6. The van der Waals surface area contributed by atoms with Crippen LogP contribution >= 0.6 is 23.5 Å². The van der Waals surface area contributed by atoms with Gasteiger partial charge >= 0.3 is 17.9 Å². The van der Waals surface area contributed by atoms with Gasteiger partial charge in [0.1, 0.15) is 25.0 Å². The third-order valence-electron chi connectivity index (χ3n) is 13.2. The minimum atomic E-state index is -1.93. The lowest BCUT2D eigenvalue weighted by molar-refractivity contribution is -0.189. The number of hydrogen-bond acceptors (Lipinski definition) is 14. The van der Waals surface area contributed by atoms with Crippen LogP contribution in [0.1, 0.15) is 125 Å². The molecule has 0 bridgehead atoms. The van der Waals surface area contributed by atoms with Gasteiger partial charge in [0.15, 0.2) is 0 Å². The average Bonchev–Trinajstić information content (AvgIpc) is 3.66. The van der Waals surface area contributed by atoms with Crippen LogP contribution in [0.4, 0.5) is 0 Å². The number of para-hydroxylation sites is 1. The maximum absolute atomic E-state index is 14.0. The van der Waals surface area contributed by atoms with Crippen molar-refractivity contribution in [2.24, 2.45) is 11.3 Å². The van der Waals surface area contributed by atoms with E-state index >= 15 is 0 Å². The molecule has 2 aromatic heterocycles. The number of ether oxygens (including phenoxy) is 3. The Morgan fingerprint density at radius 2 is 1.61 bits per heavy atom. The summed E-state index contributed by atoms with van der Waals surface area (Å²) >= 11 is 2.91. The fourth-order valence-corrected chi connectivity index (χ4v) is 10.9. The first kappa shape index (κ1) is 55.2. The predicted octanol–water partition coefficient (Wildman–Crippen LogP) is 6.53. The smallest absolute Gasteiger partial charge is 0.355 e. The molecule has 2 aliphatic heterocycles. The number of fused-ring (bicyclic) bond motifs is 5. The summed E-state index contributed by atoms with van der Waals surface area (Å²) < 4.78 is 19.1. The second-order valence-electron chi connectivity index (χ2n) is 19.8. The highest BCUT2D eigenvalue weighted by atomic mass is 32.2. The number of nitrogens with one attached hydrogen (secondary N) is 3. The molecule has 3 aromatic rings. The molecule has 378 valence electrons. The van der Waals surface area contributed by atoms with Crippen LogP contribution in [-0.2, 0) is 61.7 Å². The number of carboxylic acids is 1. The maximum Gasteiger partial charge on any atom is 0.355 e. The van der Waals surface area contributed by atoms with Crippen molar-refractivity contribution in [1.29, 1.82) is 0 Å². The topological polar surface area (TPSA) is 221 Å². The number of aliphatic carboxylic acids is 1. The van der Waals surface area contributed by atoms with Gasteiger partial charge in [0.25, 0.3) is 5.56 Å². The van der Waals surface area contributed by atoms with Crippen molar-refractivity contribution < 1.29 is 48.1 Å². The quantitative estimate of drug-likeness (QED) is 0.0491. The SMILES string of the molecule is CCC(C)NC(CSC(C)C(C)SCC(NC(=O)CCC(C)(C)OCCC(C)(C)C(=O)C(C)C)C(=O)O)C(=O)NCC(=O)OC1(CC)C(=O)OCc2c1cc1n(c2=O)Cc2cc3ccccc3nc2-1. The normalized spacial score (nSPS) is 17.7. The molecule has 0 aliphatic carbocycles. The highest BCUT2D eigenvalue weighted by molar-refractivity contribution is 8.03. The number of esters is 2. The Balaban J connectivity index is 1.15. The van der Waals surface area contributed by atoms with Crippen LogP contribution in [0.25, 0.3) is 22.3 Å². The molecule has 0 spiro atoms. The van der Waals surface area contributed by atoms with E-state index in [0.717, 1.165) is 22.9 Å². The molecule has 0 fully saturated rings. The molecule has 69 heavy (non-hydrogen) atoms. The molecule has 4 N–H and O–H groups in total. The Bertz CT molecular complexity index is 2460. The van der Waals surface area contributed by atoms with E-state index in [1.54, 1.807) is 17.6 Å². The van der Waals surface area contributed by atoms with Crippen LogP contribution in [0, 0.1) is 11.3 Å². The van der Waals surface area contributed by atoms with E-state index in [1.807, 2.05) is 99.6 Å². The monoisotopic (exact) mass is 993 g/mol. The van der Waals surface area contributed by atoms with Crippen molar-refractivity contribution in [2.75, 3.05) is 24.7 Å². The molecule has 5 rings (SSSR count). The number of Topliss-reactive ketones (excluding diaryl/α,β-unsaturated/α-hetero) is 1. The average molecular weight is 994 g/mol. The molecule has 0 saturated carbocycles. The number of thioether (sulfide) groups is 2. The molecule has 4 heterocycles. The van der Waals surface area contributed by atoms with Gasteiger partial charge in [-0.3, -0.25) is 24.0 Å². The number of nitrogens with zero attached hydrogens (tertiary/aromatic N) is 2. The molecule has 2 aliphatic rings. The number of carboxylic acid groups (broad SMARTS) is 1. The molecular formula is C51H71N5O11S2. The Hall–Kier alpha value is -4.78. The van der Waals surface area contributed by atoms with Crippen molar-refractivity contribution in [2.45, 2.75) is 161 Å². The lowest BCUT2D eigenvalue weighted by Crippen LogP contribution is -2.52. The maximum atomic E-state index is 14.0. The molecule has 0 radical (unpaired) electrons. The van der Waals surface area contributed by atoms with Gasteiger partial charge in [-0.25, -0.2) is 14.6 Å². The van der Waals surface area contributed by atoms with E-state index in [0.29, 0.717) is 43.1 Å². The van der Waals surface area contributed by atoms with Gasteiger partial charge < -0.3 is 39.8 Å². The summed E-state index contributed by atoms with van der Waals surface area (Å²) in [6.07, 6.45) is 1.67. The molecule has 18 heteroatoms. The fraction of sp³-hybridized carbons (Fsp3) is 0.608. The third-order valence-corrected chi connectivity index (χ3v) is 16.3. The number of ketones is 1. The summed E-state index contributed by atoms with van der Waals surface area (Å²) in [5.74, 6) is -3.17. The Labute approximate surface area is 413 Å². The van der Waals surface area contributed by atoms with Gasteiger partial charge in [-0.15, -0.1) is 0 Å². The van der Waals surface area contributed by atoms with Crippen molar-refractivity contribution in [1.82, 2.24) is 25.5 Å². The van der Waals surface area contributed by atoms with Crippen LogP contribution < -0.4 is 21.5 Å². The summed E-state index contributed by atoms with van der Waals surface area (Å²) in [5.41, 5.74) is -0.313. The van der Waals surface area contributed by atoms with Crippen LogP contribution in [0.2, 0.25) is 0 Å². The number of benzene rings is 1. The van der Waals surface area contributed by atoms with E-state index in [1.165, 1.54) is 23.5 Å². The fourth-order valence-electron chi connectivity index (χ4n) is 8.44. The summed E-state index contributed by atoms with van der Waals surface area (Å²) in [7, 11) is 0. The number of aromatic nitrogens is 2.